The van der Waals surface area contributed by atoms with Crippen LogP contribution in [-0.4, -0.2) is 21.7 Å². The molecular weight excluding hydrogens is 361 g/mol. The molecule has 28 heavy (non-hydrogen) atoms. The van der Waals surface area contributed by atoms with E-state index in [-0.39, 0.29) is 11.6 Å². The van der Waals surface area contributed by atoms with Crippen LogP contribution >= 0.6 is 0 Å². The third-order valence-corrected chi connectivity index (χ3v) is 4.56. The smallest absolute Gasteiger partial charge is 0.323 e. The fourth-order valence-corrected chi connectivity index (χ4v) is 3.13. The fourth-order valence-electron chi connectivity index (χ4n) is 3.13. The topological polar surface area (TPSA) is 88.1 Å². The lowest BCUT2D eigenvalue weighted by atomic mass is 10.0. The first-order valence-corrected chi connectivity index (χ1v) is 8.80. The first kappa shape index (κ1) is 17.7. The Morgan fingerprint density at radius 3 is 2.75 bits per heavy atom. The first-order chi connectivity index (χ1) is 13.5. The number of anilines is 3. The molecule has 0 atom stereocenters. The summed E-state index contributed by atoms with van der Waals surface area (Å²) in [6.45, 7) is 1.87. The maximum atomic E-state index is 14.3. The molecule has 1 aromatic heterocycles. The van der Waals surface area contributed by atoms with E-state index in [1.54, 1.807) is 23.0 Å². The zero-order valence-electron chi connectivity index (χ0n) is 15.1. The van der Waals surface area contributed by atoms with E-state index in [0.717, 1.165) is 16.8 Å². The molecule has 0 saturated carbocycles. The Morgan fingerprint density at radius 2 is 2.00 bits per heavy atom. The minimum atomic E-state index is -0.609. The molecule has 4 rings (SSSR count). The molecule has 2 heterocycles. The highest BCUT2D eigenvalue weighted by molar-refractivity contribution is 6.01. The normalized spacial score (nSPS) is 12.9. The Labute approximate surface area is 160 Å². The van der Waals surface area contributed by atoms with Gasteiger partial charge in [-0.1, -0.05) is 0 Å². The molecule has 0 unspecified atom stereocenters. The standard InChI is InChI=1S/C20H18FN5O2/c1-12-9-14(26-8-2-7-22-26)4-5-16(12)24-20(28)25-18-10-13-3-6-19(27)23-17(13)11-15(18)21/h2,4-5,7-11H,3,6H2,1H3,(H,23,27)(H2,24,25,28). The molecule has 3 amide bonds. The summed E-state index contributed by atoms with van der Waals surface area (Å²) in [5, 5.41) is 12.1. The van der Waals surface area contributed by atoms with E-state index in [0.29, 0.717) is 24.2 Å². The van der Waals surface area contributed by atoms with Crippen molar-refractivity contribution in [3.63, 3.8) is 0 Å². The van der Waals surface area contributed by atoms with Gasteiger partial charge in [-0.25, -0.2) is 13.9 Å². The number of halogens is 1. The van der Waals surface area contributed by atoms with E-state index in [1.807, 2.05) is 31.3 Å². The zero-order valence-corrected chi connectivity index (χ0v) is 15.1. The van der Waals surface area contributed by atoms with Gasteiger partial charge in [0, 0.05) is 30.2 Å². The van der Waals surface area contributed by atoms with Gasteiger partial charge in [-0.15, -0.1) is 0 Å². The molecule has 8 heteroatoms. The van der Waals surface area contributed by atoms with Gasteiger partial charge >= 0.3 is 6.03 Å². The van der Waals surface area contributed by atoms with Crippen molar-refractivity contribution in [2.45, 2.75) is 19.8 Å². The summed E-state index contributed by atoms with van der Waals surface area (Å²) in [7, 11) is 0. The highest BCUT2D eigenvalue weighted by atomic mass is 19.1. The minimum Gasteiger partial charge on any atom is -0.326 e. The summed E-state index contributed by atoms with van der Waals surface area (Å²) < 4.78 is 16.0. The lowest BCUT2D eigenvalue weighted by Crippen LogP contribution is -2.22. The number of nitrogens with zero attached hydrogens (tertiary/aromatic N) is 2. The van der Waals surface area contributed by atoms with Crippen LogP contribution in [0.5, 0.6) is 0 Å². The number of aromatic nitrogens is 2. The number of fused-ring (bicyclic) bond motifs is 1. The van der Waals surface area contributed by atoms with Crippen molar-refractivity contribution in [2.24, 2.45) is 0 Å². The molecule has 3 aromatic rings. The van der Waals surface area contributed by atoms with Crippen LogP contribution in [0.15, 0.2) is 48.8 Å². The summed E-state index contributed by atoms with van der Waals surface area (Å²) in [6.07, 6.45) is 4.36. The average molecular weight is 379 g/mol. The Morgan fingerprint density at radius 1 is 1.18 bits per heavy atom. The van der Waals surface area contributed by atoms with Crippen molar-refractivity contribution in [2.75, 3.05) is 16.0 Å². The molecule has 0 spiro atoms. The van der Waals surface area contributed by atoms with Gasteiger partial charge in [0.2, 0.25) is 5.91 Å². The van der Waals surface area contributed by atoms with Crippen molar-refractivity contribution >= 4 is 29.0 Å². The largest absolute Gasteiger partial charge is 0.326 e. The molecule has 7 nitrogen and oxygen atoms in total. The van der Waals surface area contributed by atoms with Gasteiger partial charge in [-0.2, -0.15) is 5.10 Å². The van der Waals surface area contributed by atoms with Crippen molar-refractivity contribution < 1.29 is 14.0 Å². The molecule has 1 aliphatic rings. The number of benzene rings is 2. The summed E-state index contributed by atoms with van der Waals surface area (Å²) in [5.41, 5.74) is 3.63. The van der Waals surface area contributed by atoms with E-state index in [9.17, 15) is 14.0 Å². The number of urea groups is 1. The Hall–Kier alpha value is -3.68. The quantitative estimate of drug-likeness (QED) is 0.646. The number of hydrogen-bond donors (Lipinski definition) is 3. The highest BCUT2D eigenvalue weighted by Crippen LogP contribution is 2.28. The molecule has 3 N–H and O–H groups in total. The van der Waals surface area contributed by atoms with Gasteiger partial charge in [-0.3, -0.25) is 4.79 Å². The molecule has 0 fully saturated rings. The SMILES string of the molecule is Cc1cc(-n2cccn2)ccc1NC(=O)Nc1cc2c(cc1F)NC(=O)CC2. The molecule has 2 aromatic carbocycles. The second kappa shape index (κ2) is 7.15. The number of amides is 3. The monoisotopic (exact) mass is 379 g/mol. The summed E-state index contributed by atoms with van der Waals surface area (Å²) in [4.78, 5) is 23.8. The van der Waals surface area contributed by atoms with Crippen molar-refractivity contribution in [3.05, 3.63) is 65.7 Å². The highest BCUT2D eigenvalue weighted by Gasteiger charge is 2.18. The number of rotatable bonds is 3. The van der Waals surface area contributed by atoms with Crippen LogP contribution < -0.4 is 16.0 Å². The number of nitrogens with one attached hydrogen (secondary N) is 3. The predicted molar refractivity (Wildman–Crippen MR) is 104 cm³/mol. The average Bonchev–Trinajstić information content (AvgIpc) is 3.19. The molecule has 0 saturated heterocycles. The molecule has 142 valence electrons. The van der Waals surface area contributed by atoms with Gasteiger partial charge in [0.15, 0.2) is 0 Å². The number of carbonyl (C=O) groups is 2. The lowest BCUT2D eigenvalue weighted by Gasteiger charge is -2.18. The van der Waals surface area contributed by atoms with E-state index in [2.05, 4.69) is 21.0 Å². The maximum absolute atomic E-state index is 14.3. The van der Waals surface area contributed by atoms with Crippen LogP contribution in [0, 0.1) is 12.7 Å². The van der Waals surface area contributed by atoms with Gasteiger partial charge in [0.1, 0.15) is 5.82 Å². The van der Waals surface area contributed by atoms with E-state index in [1.165, 1.54) is 6.07 Å². The second-order valence-corrected chi connectivity index (χ2v) is 6.57. The van der Waals surface area contributed by atoms with Crippen LogP contribution in [0.4, 0.5) is 26.2 Å². The van der Waals surface area contributed by atoms with Crippen molar-refractivity contribution in [1.82, 2.24) is 9.78 Å². The fraction of sp³-hybridized carbons (Fsp3) is 0.150. The van der Waals surface area contributed by atoms with Crippen LogP contribution in [0.1, 0.15) is 17.5 Å². The summed E-state index contributed by atoms with van der Waals surface area (Å²) in [5.74, 6) is -0.749. The molecule has 0 bridgehead atoms. The third-order valence-electron chi connectivity index (χ3n) is 4.56. The number of aryl methyl sites for hydroxylation is 2. The number of carbonyl (C=O) groups excluding carboxylic acids is 2. The molecule has 1 aliphatic heterocycles. The summed E-state index contributed by atoms with van der Waals surface area (Å²) >= 11 is 0. The Balaban J connectivity index is 1.48. The Bertz CT molecular complexity index is 1060. The van der Waals surface area contributed by atoms with Gasteiger partial charge < -0.3 is 16.0 Å². The second-order valence-electron chi connectivity index (χ2n) is 6.57. The molecule has 0 radical (unpaired) electrons. The van der Waals surface area contributed by atoms with Crippen LogP contribution in [0.2, 0.25) is 0 Å². The van der Waals surface area contributed by atoms with Gasteiger partial charge in [0.05, 0.1) is 11.4 Å². The van der Waals surface area contributed by atoms with Crippen molar-refractivity contribution in [1.29, 1.82) is 0 Å². The molecular formula is C20H18FN5O2. The maximum Gasteiger partial charge on any atom is 0.323 e. The van der Waals surface area contributed by atoms with E-state index >= 15 is 0 Å². The van der Waals surface area contributed by atoms with Crippen LogP contribution in [0.25, 0.3) is 5.69 Å². The summed E-state index contributed by atoms with van der Waals surface area (Å²) in [6, 6.07) is 9.55. The minimum absolute atomic E-state index is 0.0678. The third kappa shape index (κ3) is 3.57. The first-order valence-electron chi connectivity index (χ1n) is 8.80. The van der Waals surface area contributed by atoms with E-state index < -0.39 is 11.8 Å². The number of hydrogen-bond acceptors (Lipinski definition) is 3. The van der Waals surface area contributed by atoms with Crippen LogP contribution in [0.3, 0.4) is 0 Å². The predicted octanol–water partition coefficient (Wildman–Crippen LogP) is 3.85. The molecule has 0 aliphatic carbocycles. The van der Waals surface area contributed by atoms with Crippen molar-refractivity contribution in [3.8, 4) is 5.69 Å². The van der Waals surface area contributed by atoms with Gasteiger partial charge in [-0.05, 0) is 60.9 Å². The van der Waals surface area contributed by atoms with Gasteiger partial charge in [0.25, 0.3) is 0 Å². The van der Waals surface area contributed by atoms with Crippen LogP contribution in [-0.2, 0) is 11.2 Å². The zero-order chi connectivity index (χ0) is 19.7. The van der Waals surface area contributed by atoms with E-state index in [4.69, 9.17) is 0 Å². The Kier molecular flexibility index (Phi) is 4.52. The lowest BCUT2D eigenvalue weighted by molar-refractivity contribution is -0.116.